The number of hydrogen-bond acceptors (Lipinski definition) is 2. The maximum atomic E-state index is 4.26. The van der Waals surface area contributed by atoms with Gasteiger partial charge in [0.05, 0.1) is 0 Å². The summed E-state index contributed by atoms with van der Waals surface area (Å²) in [4.78, 5) is 4.26. The van der Waals surface area contributed by atoms with Gasteiger partial charge in [-0.2, -0.15) is 0 Å². The molecule has 1 N–H and O–H groups in total. The molecule has 72 valence electrons. The standard InChI is InChI=1S/C10H17N3/c1-13-8-7-11-10(13)12-9-5-3-2-4-6-9/h7-9H,2-6H2,1H3,(H,11,12). The SMILES string of the molecule is Cn1ccnc1NC1CCCCC1. The van der Waals surface area contributed by atoms with Crippen LogP contribution in [0.5, 0.6) is 0 Å². The number of nitrogens with one attached hydrogen (secondary N) is 1. The molecule has 0 bridgehead atoms. The molecule has 0 radical (unpaired) electrons. The minimum atomic E-state index is 0.648. The van der Waals surface area contributed by atoms with Crippen LogP contribution in [0.1, 0.15) is 32.1 Å². The van der Waals surface area contributed by atoms with Crippen molar-refractivity contribution in [2.75, 3.05) is 5.32 Å². The summed E-state index contributed by atoms with van der Waals surface area (Å²) in [5.41, 5.74) is 0. The Morgan fingerprint density at radius 2 is 2.15 bits per heavy atom. The van der Waals surface area contributed by atoms with E-state index in [0.29, 0.717) is 6.04 Å². The molecular formula is C10H17N3. The van der Waals surface area contributed by atoms with Crippen LogP contribution in [0.4, 0.5) is 5.95 Å². The van der Waals surface area contributed by atoms with Crippen LogP contribution in [0.25, 0.3) is 0 Å². The largest absolute Gasteiger partial charge is 0.353 e. The molecule has 0 amide bonds. The summed E-state index contributed by atoms with van der Waals surface area (Å²) in [5.74, 6) is 1.01. The molecule has 0 spiro atoms. The molecule has 1 aliphatic rings. The lowest BCUT2D eigenvalue weighted by molar-refractivity contribution is 0.460. The lowest BCUT2D eigenvalue weighted by Gasteiger charge is -2.23. The molecule has 0 unspecified atom stereocenters. The van der Waals surface area contributed by atoms with Crippen LogP contribution in [-0.2, 0) is 7.05 Å². The Bertz CT molecular complexity index is 261. The third-order valence-electron chi connectivity index (χ3n) is 2.76. The Morgan fingerprint density at radius 1 is 1.38 bits per heavy atom. The highest BCUT2D eigenvalue weighted by Gasteiger charge is 2.13. The van der Waals surface area contributed by atoms with Gasteiger partial charge in [-0.25, -0.2) is 4.98 Å². The lowest BCUT2D eigenvalue weighted by atomic mass is 9.96. The molecule has 13 heavy (non-hydrogen) atoms. The Morgan fingerprint density at radius 3 is 2.77 bits per heavy atom. The average Bonchev–Trinajstić information content (AvgIpc) is 2.54. The Hall–Kier alpha value is -0.990. The molecular weight excluding hydrogens is 162 g/mol. The molecule has 1 aromatic heterocycles. The molecule has 0 aromatic carbocycles. The highest BCUT2D eigenvalue weighted by molar-refractivity contribution is 5.27. The molecule has 3 nitrogen and oxygen atoms in total. The van der Waals surface area contributed by atoms with Crippen molar-refractivity contribution in [2.24, 2.45) is 7.05 Å². The molecule has 0 saturated heterocycles. The third-order valence-corrected chi connectivity index (χ3v) is 2.76. The highest BCUT2D eigenvalue weighted by atomic mass is 15.2. The second-order valence-electron chi connectivity index (χ2n) is 3.84. The molecule has 0 aliphatic heterocycles. The predicted molar refractivity (Wildman–Crippen MR) is 53.7 cm³/mol. The van der Waals surface area contributed by atoms with Crippen molar-refractivity contribution in [3.8, 4) is 0 Å². The van der Waals surface area contributed by atoms with Gasteiger partial charge in [0.15, 0.2) is 0 Å². The third kappa shape index (κ3) is 2.02. The topological polar surface area (TPSA) is 29.9 Å². The van der Waals surface area contributed by atoms with Crippen LogP contribution in [0.3, 0.4) is 0 Å². The van der Waals surface area contributed by atoms with Gasteiger partial charge in [0, 0.05) is 25.5 Å². The summed E-state index contributed by atoms with van der Waals surface area (Å²) < 4.78 is 2.04. The number of rotatable bonds is 2. The van der Waals surface area contributed by atoms with Crippen molar-refractivity contribution in [3.05, 3.63) is 12.4 Å². The highest BCUT2D eigenvalue weighted by Crippen LogP contribution is 2.20. The molecule has 1 fully saturated rings. The second-order valence-corrected chi connectivity index (χ2v) is 3.84. The fraction of sp³-hybridized carbons (Fsp3) is 0.700. The first-order valence-electron chi connectivity index (χ1n) is 5.10. The van der Waals surface area contributed by atoms with E-state index in [9.17, 15) is 0 Å². The fourth-order valence-corrected chi connectivity index (χ4v) is 1.93. The number of anilines is 1. The monoisotopic (exact) mass is 179 g/mol. The first-order valence-corrected chi connectivity index (χ1v) is 5.10. The summed E-state index contributed by atoms with van der Waals surface area (Å²) in [5, 5.41) is 3.48. The average molecular weight is 179 g/mol. The minimum Gasteiger partial charge on any atom is -0.353 e. The first kappa shape index (κ1) is 8.60. The van der Waals surface area contributed by atoms with Gasteiger partial charge >= 0.3 is 0 Å². The number of imidazole rings is 1. The predicted octanol–water partition coefficient (Wildman–Crippen LogP) is 2.16. The number of nitrogens with zero attached hydrogens (tertiary/aromatic N) is 2. The molecule has 1 saturated carbocycles. The fourth-order valence-electron chi connectivity index (χ4n) is 1.93. The van der Waals surface area contributed by atoms with E-state index >= 15 is 0 Å². The second kappa shape index (κ2) is 3.81. The van der Waals surface area contributed by atoms with Gasteiger partial charge in [0.2, 0.25) is 5.95 Å². The summed E-state index contributed by atoms with van der Waals surface area (Å²) in [6.07, 6.45) is 10.5. The van der Waals surface area contributed by atoms with Crippen LogP contribution >= 0.6 is 0 Å². The van der Waals surface area contributed by atoms with E-state index in [2.05, 4.69) is 10.3 Å². The Balaban J connectivity index is 1.93. The summed E-state index contributed by atoms with van der Waals surface area (Å²) in [6.45, 7) is 0. The smallest absolute Gasteiger partial charge is 0.202 e. The number of aryl methyl sites for hydroxylation is 1. The number of aromatic nitrogens is 2. The number of hydrogen-bond donors (Lipinski definition) is 1. The summed E-state index contributed by atoms with van der Waals surface area (Å²) in [7, 11) is 2.03. The van der Waals surface area contributed by atoms with E-state index in [1.165, 1.54) is 32.1 Å². The minimum absolute atomic E-state index is 0.648. The van der Waals surface area contributed by atoms with Gasteiger partial charge < -0.3 is 9.88 Å². The Labute approximate surface area is 79.2 Å². The maximum absolute atomic E-state index is 4.26. The van der Waals surface area contributed by atoms with Crippen molar-refractivity contribution < 1.29 is 0 Å². The molecule has 2 rings (SSSR count). The summed E-state index contributed by atoms with van der Waals surface area (Å²) >= 11 is 0. The molecule has 0 atom stereocenters. The normalized spacial score (nSPS) is 18.8. The van der Waals surface area contributed by atoms with Crippen LogP contribution in [0.2, 0.25) is 0 Å². The molecule has 1 aliphatic carbocycles. The summed E-state index contributed by atoms with van der Waals surface area (Å²) in [6, 6.07) is 0.648. The maximum Gasteiger partial charge on any atom is 0.202 e. The van der Waals surface area contributed by atoms with Crippen molar-refractivity contribution >= 4 is 5.95 Å². The van der Waals surface area contributed by atoms with Gasteiger partial charge in [-0.3, -0.25) is 0 Å². The van der Waals surface area contributed by atoms with Gasteiger partial charge in [0.25, 0.3) is 0 Å². The van der Waals surface area contributed by atoms with Crippen LogP contribution in [0, 0.1) is 0 Å². The van der Waals surface area contributed by atoms with Crippen molar-refractivity contribution in [1.29, 1.82) is 0 Å². The van der Waals surface area contributed by atoms with E-state index in [4.69, 9.17) is 0 Å². The molecule has 1 heterocycles. The van der Waals surface area contributed by atoms with Crippen LogP contribution < -0.4 is 5.32 Å². The van der Waals surface area contributed by atoms with E-state index in [1.807, 2.05) is 24.0 Å². The van der Waals surface area contributed by atoms with Crippen LogP contribution in [-0.4, -0.2) is 15.6 Å². The zero-order valence-corrected chi connectivity index (χ0v) is 8.16. The van der Waals surface area contributed by atoms with Gasteiger partial charge in [-0.05, 0) is 12.8 Å². The quantitative estimate of drug-likeness (QED) is 0.754. The zero-order valence-electron chi connectivity index (χ0n) is 8.16. The van der Waals surface area contributed by atoms with Crippen LogP contribution in [0.15, 0.2) is 12.4 Å². The van der Waals surface area contributed by atoms with E-state index in [-0.39, 0.29) is 0 Å². The first-order chi connectivity index (χ1) is 6.36. The van der Waals surface area contributed by atoms with Crippen molar-refractivity contribution in [3.63, 3.8) is 0 Å². The van der Waals surface area contributed by atoms with Gasteiger partial charge in [-0.15, -0.1) is 0 Å². The molecule has 1 aromatic rings. The van der Waals surface area contributed by atoms with E-state index < -0.39 is 0 Å². The lowest BCUT2D eigenvalue weighted by Crippen LogP contribution is -2.23. The van der Waals surface area contributed by atoms with E-state index in [0.717, 1.165) is 5.95 Å². The zero-order chi connectivity index (χ0) is 9.10. The van der Waals surface area contributed by atoms with Crippen molar-refractivity contribution in [2.45, 2.75) is 38.1 Å². The van der Waals surface area contributed by atoms with Crippen molar-refractivity contribution in [1.82, 2.24) is 9.55 Å². The van der Waals surface area contributed by atoms with Gasteiger partial charge in [-0.1, -0.05) is 19.3 Å². The van der Waals surface area contributed by atoms with E-state index in [1.54, 1.807) is 0 Å². The van der Waals surface area contributed by atoms with Gasteiger partial charge in [0.1, 0.15) is 0 Å². The Kier molecular flexibility index (Phi) is 2.52. The molecule has 3 heteroatoms.